The van der Waals surface area contributed by atoms with Gasteiger partial charge in [0, 0.05) is 13.8 Å². The predicted molar refractivity (Wildman–Crippen MR) is 74.7 cm³/mol. The molecule has 0 aliphatic heterocycles. The van der Waals surface area contributed by atoms with E-state index in [9.17, 15) is 19.5 Å². The third-order valence-electron chi connectivity index (χ3n) is 2.65. The third-order valence-corrected chi connectivity index (χ3v) is 3.74. The van der Waals surface area contributed by atoms with Crippen molar-refractivity contribution in [3.63, 3.8) is 0 Å². The first-order chi connectivity index (χ1) is 10.4. The van der Waals surface area contributed by atoms with Crippen LogP contribution >= 0.6 is 11.3 Å². The Balaban J connectivity index is 2.45. The average Bonchev–Trinajstić information content (AvgIpc) is 2.85. The number of carboxylic acids is 1. The lowest BCUT2D eigenvalue weighted by Crippen LogP contribution is -2.43. The summed E-state index contributed by atoms with van der Waals surface area (Å²) < 4.78 is 10.5. The number of benzene rings is 1. The molecule has 0 spiro atoms. The van der Waals surface area contributed by atoms with Gasteiger partial charge in [-0.3, -0.25) is 9.59 Å². The highest BCUT2D eigenvalue weighted by Gasteiger charge is 2.33. The van der Waals surface area contributed by atoms with Crippen LogP contribution in [0.25, 0.3) is 10.2 Å². The van der Waals surface area contributed by atoms with Gasteiger partial charge in [0.1, 0.15) is 5.01 Å². The van der Waals surface area contributed by atoms with Crippen LogP contribution in [0.5, 0.6) is 0 Å². The van der Waals surface area contributed by atoms with Crippen LogP contribution in [0.3, 0.4) is 0 Å². The van der Waals surface area contributed by atoms with Gasteiger partial charge in [0.25, 0.3) is 0 Å². The maximum atomic E-state index is 11.3. The number of fused-ring (bicyclic) bond motifs is 1. The fraction of sp³-hybridized carbons (Fsp3) is 0.286. The van der Waals surface area contributed by atoms with Gasteiger partial charge in [-0.25, -0.2) is 4.98 Å². The van der Waals surface area contributed by atoms with Gasteiger partial charge in [0.15, 0.2) is 12.2 Å². The van der Waals surface area contributed by atoms with Crippen LogP contribution in [-0.4, -0.2) is 29.0 Å². The normalized spacial score (nSPS) is 13.4. The Labute approximate surface area is 129 Å². The van der Waals surface area contributed by atoms with Gasteiger partial charge in [0.2, 0.25) is 0 Å². The zero-order valence-corrected chi connectivity index (χ0v) is 12.6. The first kappa shape index (κ1) is 15.9. The van der Waals surface area contributed by atoms with Crippen LogP contribution in [0, 0.1) is 0 Å². The molecule has 8 heteroatoms. The van der Waals surface area contributed by atoms with Gasteiger partial charge in [0.05, 0.1) is 16.2 Å². The van der Waals surface area contributed by atoms with Crippen LogP contribution in [0.4, 0.5) is 0 Å². The van der Waals surface area contributed by atoms with Crippen LogP contribution in [0.2, 0.25) is 0 Å². The summed E-state index contributed by atoms with van der Waals surface area (Å²) in [4.78, 5) is 37.8. The lowest BCUT2D eigenvalue weighted by molar-refractivity contribution is -0.319. The van der Waals surface area contributed by atoms with Crippen LogP contribution in [-0.2, 0) is 23.9 Å². The number of ether oxygens (including phenoxy) is 2. The van der Waals surface area contributed by atoms with Gasteiger partial charge >= 0.3 is 11.9 Å². The molecular formula is C14H12NO6S-. The van der Waals surface area contributed by atoms with Crippen molar-refractivity contribution < 1.29 is 29.0 Å². The zero-order valence-electron chi connectivity index (χ0n) is 11.8. The number of esters is 2. The minimum Gasteiger partial charge on any atom is -0.546 e. The standard InChI is InChI=1S/C14H13NO6S/c1-7(16)20-11(12(14(18)19)21-8(2)17)13-15-9-5-3-4-6-10(9)22-13/h3-6,11-12H,1-2H3,(H,18,19)/p-1/t11-,12-/m1/s1. The van der Waals surface area contributed by atoms with E-state index in [2.05, 4.69) is 4.98 Å². The molecule has 0 amide bonds. The highest BCUT2D eigenvalue weighted by atomic mass is 32.1. The van der Waals surface area contributed by atoms with Crippen molar-refractivity contribution in [2.45, 2.75) is 26.1 Å². The van der Waals surface area contributed by atoms with Crippen molar-refractivity contribution >= 4 is 39.5 Å². The quantitative estimate of drug-likeness (QED) is 0.741. The van der Waals surface area contributed by atoms with E-state index in [1.165, 1.54) is 0 Å². The number of aliphatic carboxylic acids is 1. The minimum absolute atomic E-state index is 0.215. The molecule has 116 valence electrons. The highest BCUT2D eigenvalue weighted by Crippen LogP contribution is 2.31. The fourth-order valence-electron chi connectivity index (χ4n) is 1.84. The molecule has 1 heterocycles. The Morgan fingerprint density at radius 2 is 1.77 bits per heavy atom. The Bertz CT molecular complexity index is 692. The first-order valence-corrected chi connectivity index (χ1v) is 7.11. The van der Waals surface area contributed by atoms with Crippen molar-refractivity contribution in [1.82, 2.24) is 4.98 Å². The minimum atomic E-state index is -1.76. The summed E-state index contributed by atoms with van der Waals surface area (Å²) >= 11 is 1.15. The smallest absolute Gasteiger partial charge is 0.303 e. The van der Waals surface area contributed by atoms with E-state index in [-0.39, 0.29) is 5.01 Å². The zero-order chi connectivity index (χ0) is 16.3. The molecular weight excluding hydrogens is 310 g/mol. The van der Waals surface area contributed by atoms with Gasteiger partial charge in [-0.05, 0) is 12.1 Å². The molecule has 2 rings (SSSR count). The maximum absolute atomic E-state index is 11.3. The number of rotatable bonds is 5. The second-order valence-electron chi connectivity index (χ2n) is 4.40. The number of hydrogen-bond acceptors (Lipinski definition) is 8. The second-order valence-corrected chi connectivity index (χ2v) is 5.46. The van der Waals surface area contributed by atoms with Crippen LogP contribution in [0.15, 0.2) is 24.3 Å². The topological polar surface area (TPSA) is 106 Å². The van der Waals surface area contributed by atoms with Crippen molar-refractivity contribution in [1.29, 1.82) is 0 Å². The van der Waals surface area contributed by atoms with E-state index in [1.54, 1.807) is 24.3 Å². The van der Waals surface area contributed by atoms with Gasteiger partial charge < -0.3 is 19.4 Å². The van der Waals surface area contributed by atoms with E-state index in [0.29, 0.717) is 5.52 Å². The molecule has 22 heavy (non-hydrogen) atoms. The number of aromatic nitrogens is 1. The summed E-state index contributed by atoms with van der Waals surface area (Å²) in [5.41, 5.74) is 0.625. The molecule has 0 saturated heterocycles. The van der Waals surface area contributed by atoms with Crippen molar-refractivity contribution in [2.75, 3.05) is 0 Å². The Morgan fingerprint density at radius 1 is 1.14 bits per heavy atom. The van der Waals surface area contributed by atoms with Crippen molar-refractivity contribution in [2.24, 2.45) is 0 Å². The highest BCUT2D eigenvalue weighted by molar-refractivity contribution is 7.18. The van der Waals surface area contributed by atoms with E-state index >= 15 is 0 Å². The lowest BCUT2D eigenvalue weighted by atomic mass is 10.2. The van der Waals surface area contributed by atoms with Crippen molar-refractivity contribution in [3.8, 4) is 0 Å². The van der Waals surface area contributed by atoms with E-state index < -0.39 is 30.1 Å². The predicted octanol–water partition coefficient (Wildman–Crippen LogP) is 0.582. The monoisotopic (exact) mass is 322 g/mol. The van der Waals surface area contributed by atoms with E-state index in [1.807, 2.05) is 0 Å². The fourth-order valence-corrected chi connectivity index (χ4v) is 2.87. The molecule has 0 N–H and O–H groups in total. The summed E-state index contributed by atoms with van der Waals surface area (Å²) in [6, 6.07) is 7.10. The Kier molecular flexibility index (Phi) is 4.71. The SMILES string of the molecule is CC(=O)O[C@@H](C(=O)[O-])[C@@H](OC(C)=O)c1nc2ccccc2s1. The van der Waals surface area contributed by atoms with Crippen LogP contribution < -0.4 is 5.11 Å². The van der Waals surface area contributed by atoms with Gasteiger partial charge in [-0.2, -0.15) is 0 Å². The number of carboxylic acid groups (broad SMARTS) is 1. The summed E-state index contributed by atoms with van der Waals surface area (Å²) in [5.74, 6) is -3.21. The number of para-hydroxylation sites is 1. The lowest BCUT2D eigenvalue weighted by Gasteiger charge is -2.25. The molecule has 1 aromatic heterocycles. The second kappa shape index (κ2) is 6.52. The molecule has 0 fully saturated rings. The summed E-state index contributed by atoms with van der Waals surface area (Å²) in [7, 11) is 0. The molecule has 2 aromatic rings. The molecule has 0 bridgehead atoms. The van der Waals surface area contributed by atoms with E-state index in [0.717, 1.165) is 29.9 Å². The number of carbonyl (C=O) groups excluding carboxylic acids is 3. The number of thiazole rings is 1. The Morgan fingerprint density at radius 3 is 2.32 bits per heavy atom. The first-order valence-electron chi connectivity index (χ1n) is 6.29. The van der Waals surface area contributed by atoms with Crippen LogP contribution in [0.1, 0.15) is 25.0 Å². The van der Waals surface area contributed by atoms with Crippen molar-refractivity contribution in [3.05, 3.63) is 29.3 Å². The molecule has 0 unspecified atom stereocenters. The largest absolute Gasteiger partial charge is 0.546 e. The summed E-state index contributed by atoms with van der Waals surface area (Å²) in [6.45, 7) is 2.18. The average molecular weight is 322 g/mol. The molecule has 7 nitrogen and oxygen atoms in total. The maximum Gasteiger partial charge on any atom is 0.303 e. The molecule has 0 radical (unpaired) electrons. The molecule has 2 atom stereocenters. The molecule has 0 saturated carbocycles. The molecule has 0 aliphatic rings. The summed E-state index contributed by atoms with van der Waals surface area (Å²) in [6.07, 6.45) is -3.12. The molecule has 0 aliphatic carbocycles. The van der Waals surface area contributed by atoms with Gasteiger partial charge in [-0.1, -0.05) is 12.1 Å². The number of nitrogens with zero attached hydrogens (tertiary/aromatic N) is 1. The number of carbonyl (C=O) groups is 3. The Hall–Kier alpha value is -2.48. The summed E-state index contributed by atoms with van der Waals surface area (Å²) in [5, 5.41) is 11.5. The number of hydrogen-bond donors (Lipinski definition) is 0. The third kappa shape index (κ3) is 3.59. The van der Waals surface area contributed by atoms with E-state index in [4.69, 9.17) is 9.47 Å². The van der Waals surface area contributed by atoms with Gasteiger partial charge in [-0.15, -0.1) is 11.3 Å². The molecule has 1 aromatic carbocycles.